The van der Waals surface area contributed by atoms with E-state index in [1.165, 1.54) is 12.1 Å². The van der Waals surface area contributed by atoms with Crippen LogP contribution in [-0.4, -0.2) is 31.7 Å². The van der Waals surface area contributed by atoms with Crippen LogP contribution in [0.25, 0.3) is 0 Å². The first-order valence-electron chi connectivity index (χ1n) is 8.77. The van der Waals surface area contributed by atoms with Crippen molar-refractivity contribution in [3.8, 4) is 0 Å². The second-order valence-electron chi connectivity index (χ2n) is 7.05. The number of hydrogen-bond donors (Lipinski definition) is 1. The Kier molecular flexibility index (Phi) is 5.48. The summed E-state index contributed by atoms with van der Waals surface area (Å²) in [6, 6.07) is 9.62. The second kappa shape index (κ2) is 7.63. The molecular formula is C19H24N2O4S. The van der Waals surface area contributed by atoms with Crippen LogP contribution >= 0.6 is 0 Å². The van der Waals surface area contributed by atoms with Crippen molar-refractivity contribution in [3.63, 3.8) is 0 Å². The molecule has 6 nitrogen and oxygen atoms in total. The molecule has 1 aromatic heterocycles. The first-order valence-corrected chi connectivity index (χ1v) is 10.2. The monoisotopic (exact) mass is 376 g/mol. The van der Waals surface area contributed by atoms with E-state index in [9.17, 15) is 13.2 Å². The summed E-state index contributed by atoms with van der Waals surface area (Å²) in [7, 11) is -3.53. The van der Waals surface area contributed by atoms with Crippen molar-refractivity contribution < 1.29 is 17.6 Å². The molecular weight excluding hydrogens is 352 g/mol. The molecule has 2 heterocycles. The Morgan fingerprint density at radius 3 is 2.38 bits per heavy atom. The minimum Gasteiger partial charge on any atom is -0.467 e. The largest absolute Gasteiger partial charge is 0.467 e. The molecule has 0 saturated carbocycles. The molecule has 1 aliphatic rings. The van der Waals surface area contributed by atoms with Crippen molar-refractivity contribution in [1.82, 2.24) is 9.62 Å². The minimum atomic E-state index is -3.53. The lowest BCUT2D eigenvalue weighted by Gasteiger charge is -2.34. The molecule has 1 saturated heterocycles. The summed E-state index contributed by atoms with van der Waals surface area (Å²) < 4.78 is 32.4. The van der Waals surface area contributed by atoms with E-state index >= 15 is 0 Å². The number of nitrogens with one attached hydrogen (secondary N) is 1. The van der Waals surface area contributed by atoms with Crippen LogP contribution in [0.2, 0.25) is 0 Å². The molecule has 1 fully saturated rings. The predicted octanol–water partition coefficient (Wildman–Crippen LogP) is 2.88. The maximum Gasteiger partial charge on any atom is 0.251 e. The normalized spacial score (nSPS) is 21.5. The van der Waals surface area contributed by atoms with Crippen LogP contribution < -0.4 is 5.32 Å². The molecule has 2 atom stereocenters. The SMILES string of the molecule is C[C@@H]1C[C@@H](C)CN(S(=O)(=O)c2ccc(C(=O)NCc3ccco3)cc2)C1. The minimum absolute atomic E-state index is 0.224. The number of furan rings is 1. The van der Waals surface area contributed by atoms with Crippen LogP contribution in [0.1, 0.15) is 36.4 Å². The van der Waals surface area contributed by atoms with Gasteiger partial charge in [-0.15, -0.1) is 0 Å². The summed E-state index contributed by atoms with van der Waals surface area (Å²) in [5, 5.41) is 2.74. The number of nitrogens with zero attached hydrogens (tertiary/aromatic N) is 1. The first kappa shape index (κ1) is 18.7. The summed E-state index contributed by atoms with van der Waals surface area (Å²) in [4.78, 5) is 12.4. The number of hydrogen-bond acceptors (Lipinski definition) is 4. The highest BCUT2D eigenvalue weighted by atomic mass is 32.2. The molecule has 0 aliphatic carbocycles. The zero-order valence-corrected chi connectivity index (χ0v) is 15.8. The maximum atomic E-state index is 12.9. The second-order valence-corrected chi connectivity index (χ2v) is 8.99. The molecule has 0 radical (unpaired) electrons. The molecule has 1 aromatic carbocycles. The van der Waals surface area contributed by atoms with E-state index in [4.69, 9.17) is 4.42 Å². The van der Waals surface area contributed by atoms with Gasteiger partial charge in [0, 0.05) is 18.7 Å². The van der Waals surface area contributed by atoms with Crippen molar-refractivity contribution >= 4 is 15.9 Å². The lowest BCUT2D eigenvalue weighted by Crippen LogP contribution is -2.42. The van der Waals surface area contributed by atoms with E-state index in [1.807, 2.05) is 0 Å². The van der Waals surface area contributed by atoms with Crippen LogP contribution in [0.5, 0.6) is 0 Å². The fourth-order valence-corrected chi connectivity index (χ4v) is 5.09. The van der Waals surface area contributed by atoms with Gasteiger partial charge in [-0.1, -0.05) is 13.8 Å². The standard InChI is InChI=1S/C19H24N2O4S/c1-14-10-15(2)13-21(12-14)26(23,24)18-7-5-16(6-8-18)19(22)20-11-17-4-3-9-25-17/h3-9,14-15H,10-13H2,1-2H3,(H,20,22)/t14-,15-/m1/s1. The smallest absolute Gasteiger partial charge is 0.251 e. The van der Waals surface area contributed by atoms with E-state index < -0.39 is 10.0 Å². The molecule has 3 rings (SSSR count). The number of carbonyl (C=O) groups is 1. The average Bonchev–Trinajstić information content (AvgIpc) is 3.12. The lowest BCUT2D eigenvalue weighted by atomic mass is 9.94. The zero-order valence-electron chi connectivity index (χ0n) is 15.0. The third-order valence-electron chi connectivity index (χ3n) is 4.59. The van der Waals surface area contributed by atoms with Crippen LogP contribution in [0.3, 0.4) is 0 Å². The summed E-state index contributed by atoms with van der Waals surface area (Å²) in [6.07, 6.45) is 2.59. The van der Waals surface area contributed by atoms with Crippen molar-refractivity contribution in [1.29, 1.82) is 0 Å². The van der Waals surface area contributed by atoms with Crippen molar-refractivity contribution in [3.05, 3.63) is 54.0 Å². The molecule has 26 heavy (non-hydrogen) atoms. The van der Waals surface area contributed by atoms with Crippen LogP contribution in [0.4, 0.5) is 0 Å². The fourth-order valence-electron chi connectivity index (χ4n) is 3.41. The Labute approximate surface area is 154 Å². The highest BCUT2D eigenvalue weighted by Crippen LogP contribution is 2.26. The van der Waals surface area contributed by atoms with Gasteiger partial charge >= 0.3 is 0 Å². The van der Waals surface area contributed by atoms with Crippen molar-refractivity contribution in [2.45, 2.75) is 31.7 Å². The number of carbonyl (C=O) groups excluding carboxylic acids is 1. The van der Waals surface area contributed by atoms with E-state index in [0.717, 1.165) is 6.42 Å². The number of sulfonamides is 1. The number of benzene rings is 1. The molecule has 0 bridgehead atoms. The highest BCUT2D eigenvalue weighted by molar-refractivity contribution is 7.89. The Hall–Kier alpha value is -2.12. The summed E-state index contributed by atoms with van der Waals surface area (Å²) in [5.41, 5.74) is 0.413. The highest BCUT2D eigenvalue weighted by Gasteiger charge is 2.31. The summed E-state index contributed by atoms with van der Waals surface area (Å²) >= 11 is 0. The van der Waals surface area contributed by atoms with Crippen LogP contribution in [-0.2, 0) is 16.6 Å². The average molecular weight is 376 g/mol. The Morgan fingerprint density at radius 2 is 1.81 bits per heavy atom. The molecule has 140 valence electrons. The van der Waals surface area contributed by atoms with E-state index in [1.54, 1.807) is 34.8 Å². The van der Waals surface area contributed by atoms with Gasteiger partial charge in [0.15, 0.2) is 0 Å². The lowest BCUT2D eigenvalue weighted by molar-refractivity contribution is 0.0948. The topological polar surface area (TPSA) is 79.6 Å². The molecule has 0 spiro atoms. The molecule has 2 aromatic rings. The van der Waals surface area contributed by atoms with Gasteiger partial charge < -0.3 is 9.73 Å². The molecule has 0 unspecified atom stereocenters. The third kappa shape index (κ3) is 4.16. The number of rotatable bonds is 5. The molecule has 1 aliphatic heterocycles. The number of piperidine rings is 1. The van der Waals surface area contributed by atoms with Crippen LogP contribution in [0, 0.1) is 11.8 Å². The van der Waals surface area contributed by atoms with Crippen molar-refractivity contribution in [2.75, 3.05) is 13.1 Å². The maximum absolute atomic E-state index is 12.9. The van der Waals surface area contributed by atoms with Gasteiger partial charge in [-0.05, 0) is 54.7 Å². The third-order valence-corrected chi connectivity index (χ3v) is 6.44. The van der Waals surface area contributed by atoms with Gasteiger partial charge in [0.25, 0.3) is 5.91 Å². The fraction of sp³-hybridized carbons (Fsp3) is 0.421. The van der Waals surface area contributed by atoms with Gasteiger partial charge in [0.2, 0.25) is 10.0 Å². The van der Waals surface area contributed by atoms with E-state index in [0.29, 0.717) is 36.2 Å². The molecule has 1 amide bonds. The van der Waals surface area contributed by atoms with Crippen molar-refractivity contribution in [2.24, 2.45) is 11.8 Å². The Balaban J connectivity index is 1.69. The summed E-state index contributed by atoms with van der Waals surface area (Å²) in [6.45, 7) is 5.51. The Morgan fingerprint density at radius 1 is 1.15 bits per heavy atom. The van der Waals surface area contributed by atoms with E-state index in [2.05, 4.69) is 19.2 Å². The molecule has 1 N–H and O–H groups in total. The van der Waals surface area contributed by atoms with Gasteiger partial charge in [-0.3, -0.25) is 4.79 Å². The predicted molar refractivity (Wildman–Crippen MR) is 98.0 cm³/mol. The quantitative estimate of drug-likeness (QED) is 0.870. The van der Waals surface area contributed by atoms with Gasteiger partial charge in [0.1, 0.15) is 5.76 Å². The zero-order chi connectivity index (χ0) is 18.7. The summed E-state index contributed by atoms with van der Waals surface area (Å²) in [5.74, 6) is 1.08. The van der Waals surface area contributed by atoms with Gasteiger partial charge in [-0.2, -0.15) is 4.31 Å². The van der Waals surface area contributed by atoms with Gasteiger partial charge in [0.05, 0.1) is 17.7 Å². The van der Waals surface area contributed by atoms with E-state index in [-0.39, 0.29) is 17.3 Å². The molecule has 7 heteroatoms. The van der Waals surface area contributed by atoms with Gasteiger partial charge in [-0.25, -0.2) is 8.42 Å². The van der Waals surface area contributed by atoms with Crippen LogP contribution in [0.15, 0.2) is 52.0 Å². The number of amides is 1. The first-order chi connectivity index (χ1) is 12.4. The Bertz CT molecular complexity index is 834.